The third-order valence-electron chi connectivity index (χ3n) is 4.32. The van der Waals surface area contributed by atoms with Gasteiger partial charge in [0.25, 0.3) is 0 Å². The van der Waals surface area contributed by atoms with Gasteiger partial charge in [0.05, 0.1) is 0 Å². The van der Waals surface area contributed by atoms with Crippen LogP contribution < -0.4 is 5.32 Å². The van der Waals surface area contributed by atoms with Crippen LogP contribution in [0.1, 0.15) is 20.3 Å². The predicted octanol–water partition coefficient (Wildman–Crippen LogP) is 0.868. The molecule has 0 radical (unpaired) electrons. The van der Waals surface area contributed by atoms with Crippen molar-refractivity contribution in [1.29, 1.82) is 0 Å². The first kappa shape index (κ1) is 12.3. The van der Waals surface area contributed by atoms with E-state index in [1.165, 1.54) is 45.7 Å². The van der Waals surface area contributed by atoms with E-state index in [2.05, 4.69) is 36.0 Å². The third kappa shape index (κ3) is 2.96. The second-order valence-corrected chi connectivity index (χ2v) is 5.86. The van der Waals surface area contributed by atoms with Crippen LogP contribution in [0.15, 0.2) is 0 Å². The zero-order chi connectivity index (χ0) is 11.5. The Morgan fingerprint density at radius 3 is 2.69 bits per heavy atom. The fourth-order valence-electron chi connectivity index (χ4n) is 2.93. The molecule has 2 atom stereocenters. The van der Waals surface area contributed by atoms with E-state index in [0.717, 1.165) is 17.9 Å². The lowest BCUT2D eigenvalue weighted by Crippen LogP contribution is -2.49. The second kappa shape index (κ2) is 5.48. The lowest BCUT2D eigenvalue weighted by Gasteiger charge is -2.37. The summed E-state index contributed by atoms with van der Waals surface area (Å²) >= 11 is 0. The van der Waals surface area contributed by atoms with E-state index in [1.807, 2.05) is 0 Å². The van der Waals surface area contributed by atoms with Gasteiger partial charge in [-0.05, 0) is 58.4 Å². The Morgan fingerprint density at radius 1 is 1.31 bits per heavy atom. The molecular formula is C13H27N3. The molecule has 0 bridgehead atoms. The van der Waals surface area contributed by atoms with Gasteiger partial charge in [-0.3, -0.25) is 4.90 Å². The molecule has 0 spiro atoms. The summed E-state index contributed by atoms with van der Waals surface area (Å²) in [6, 6.07) is 0.725. The zero-order valence-electron chi connectivity index (χ0n) is 11.1. The van der Waals surface area contributed by atoms with Crippen LogP contribution >= 0.6 is 0 Å². The standard InChI is InChI=1S/C13H27N3/c1-11(13-7-14-8-13)9-16-6-4-5-15(3)10-12(16)2/h11-14H,4-10H2,1-3H3. The number of nitrogens with one attached hydrogen (secondary N) is 1. The van der Waals surface area contributed by atoms with Gasteiger partial charge in [-0.15, -0.1) is 0 Å². The van der Waals surface area contributed by atoms with Crippen molar-refractivity contribution in [3.05, 3.63) is 0 Å². The smallest absolute Gasteiger partial charge is 0.0194 e. The highest BCUT2D eigenvalue weighted by Gasteiger charge is 2.27. The van der Waals surface area contributed by atoms with Gasteiger partial charge in [0, 0.05) is 19.1 Å². The molecule has 0 aromatic carbocycles. The summed E-state index contributed by atoms with van der Waals surface area (Å²) in [6.07, 6.45) is 1.33. The molecule has 16 heavy (non-hydrogen) atoms. The van der Waals surface area contributed by atoms with Crippen LogP contribution in [0.3, 0.4) is 0 Å². The van der Waals surface area contributed by atoms with Crippen molar-refractivity contribution in [3.63, 3.8) is 0 Å². The van der Waals surface area contributed by atoms with Crippen molar-refractivity contribution in [2.45, 2.75) is 26.3 Å². The van der Waals surface area contributed by atoms with Crippen molar-refractivity contribution in [2.75, 3.05) is 46.3 Å². The number of likely N-dealkylation sites (N-methyl/N-ethyl adjacent to an activating group) is 1. The van der Waals surface area contributed by atoms with Crippen LogP contribution in [0.2, 0.25) is 0 Å². The third-order valence-corrected chi connectivity index (χ3v) is 4.32. The zero-order valence-corrected chi connectivity index (χ0v) is 11.1. The summed E-state index contributed by atoms with van der Waals surface area (Å²) in [5.74, 6) is 1.78. The van der Waals surface area contributed by atoms with Crippen molar-refractivity contribution in [1.82, 2.24) is 15.1 Å². The Morgan fingerprint density at radius 2 is 2.06 bits per heavy atom. The summed E-state index contributed by atoms with van der Waals surface area (Å²) in [4.78, 5) is 5.17. The Labute approximate surface area is 100 Å². The van der Waals surface area contributed by atoms with Crippen LogP contribution in [0, 0.1) is 11.8 Å². The van der Waals surface area contributed by atoms with Crippen LogP contribution in [0.25, 0.3) is 0 Å². The van der Waals surface area contributed by atoms with E-state index in [1.54, 1.807) is 0 Å². The SMILES string of the molecule is CC(CN1CCCN(C)CC1C)C1CNC1. The van der Waals surface area contributed by atoms with E-state index in [-0.39, 0.29) is 0 Å². The molecule has 3 heteroatoms. The minimum Gasteiger partial charge on any atom is -0.316 e. The average Bonchev–Trinajstić information content (AvgIpc) is 2.25. The van der Waals surface area contributed by atoms with Crippen molar-refractivity contribution >= 4 is 0 Å². The van der Waals surface area contributed by atoms with E-state index in [0.29, 0.717) is 0 Å². The molecule has 2 fully saturated rings. The summed E-state index contributed by atoms with van der Waals surface area (Å²) in [7, 11) is 2.25. The van der Waals surface area contributed by atoms with Gasteiger partial charge in [0.1, 0.15) is 0 Å². The minimum atomic E-state index is 0.725. The number of rotatable bonds is 3. The maximum absolute atomic E-state index is 3.38. The molecule has 3 nitrogen and oxygen atoms in total. The van der Waals surface area contributed by atoms with E-state index >= 15 is 0 Å². The molecule has 1 N–H and O–H groups in total. The van der Waals surface area contributed by atoms with Gasteiger partial charge in [-0.25, -0.2) is 0 Å². The molecule has 2 aliphatic rings. The van der Waals surface area contributed by atoms with Gasteiger partial charge in [-0.1, -0.05) is 6.92 Å². The lowest BCUT2D eigenvalue weighted by molar-refractivity contribution is 0.135. The minimum absolute atomic E-state index is 0.725. The molecule has 94 valence electrons. The Kier molecular flexibility index (Phi) is 4.22. The second-order valence-electron chi connectivity index (χ2n) is 5.86. The van der Waals surface area contributed by atoms with E-state index in [4.69, 9.17) is 0 Å². The molecule has 0 aromatic rings. The Hall–Kier alpha value is -0.120. The fraction of sp³-hybridized carbons (Fsp3) is 1.00. The summed E-state index contributed by atoms with van der Waals surface area (Å²) in [5, 5.41) is 3.38. The molecule has 0 saturated carbocycles. The average molecular weight is 225 g/mol. The topological polar surface area (TPSA) is 18.5 Å². The highest BCUT2D eigenvalue weighted by Crippen LogP contribution is 2.19. The first-order valence-corrected chi connectivity index (χ1v) is 6.80. The molecule has 0 amide bonds. The molecular weight excluding hydrogens is 198 g/mol. The van der Waals surface area contributed by atoms with E-state index < -0.39 is 0 Å². The van der Waals surface area contributed by atoms with Crippen molar-refractivity contribution in [2.24, 2.45) is 11.8 Å². The number of hydrogen-bond donors (Lipinski definition) is 1. The van der Waals surface area contributed by atoms with Gasteiger partial charge in [-0.2, -0.15) is 0 Å². The quantitative estimate of drug-likeness (QED) is 0.769. The first-order chi connectivity index (χ1) is 7.66. The highest BCUT2D eigenvalue weighted by atomic mass is 15.2. The summed E-state index contributed by atoms with van der Waals surface area (Å²) < 4.78 is 0. The highest BCUT2D eigenvalue weighted by molar-refractivity contribution is 4.83. The first-order valence-electron chi connectivity index (χ1n) is 6.80. The van der Waals surface area contributed by atoms with Crippen molar-refractivity contribution < 1.29 is 0 Å². The molecule has 2 aliphatic heterocycles. The lowest BCUT2D eigenvalue weighted by atomic mass is 9.88. The Bertz CT molecular complexity index is 215. The van der Waals surface area contributed by atoms with Gasteiger partial charge >= 0.3 is 0 Å². The van der Waals surface area contributed by atoms with Gasteiger partial charge in [0.15, 0.2) is 0 Å². The van der Waals surface area contributed by atoms with Crippen molar-refractivity contribution in [3.8, 4) is 0 Å². The normalized spacial score (nSPS) is 32.1. The molecule has 2 heterocycles. The van der Waals surface area contributed by atoms with Gasteiger partial charge < -0.3 is 10.2 Å². The largest absolute Gasteiger partial charge is 0.316 e. The van der Waals surface area contributed by atoms with Crippen LogP contribution in [-0.2, 0) is 0 Å². The molecule has 2 rings (SSSR count). The maximum atomic E-state index is 3.38. The summed E-state index contributed by atoms with van der Waals surface area (Å²) in [5.41, 5.74) is 0. The Balaban J connectivity index is 1.82. The van der Waals surface area contributed by atoms with Crippen LogP contribution in [0.4, 0.5) is 0 Å². The van der Waals surface area contributed by atoms with Crippen LogP contribution in [0.5, 0.6) is 0 Å². The summed E-state index contributed by atoms with van der Waals surface area (Å²) in [6.45, 7) is 12.4. The maximum Gasteiger partial charge on any atom is 0.0194 e. The molecule has 2 saturated heterocycles. The van der Waals surface area contributed by atoms with E-state index in [9.17, 15) is 0 Å². The predicted molar refractivity (Wildman–Crippen MR) is 68.7 cm³/mol. The number of hydrogen-bond acceptors (Lipinski definition) is 3. The number of nitrogens with zero attached hydrogens (tertiary/aromatic N) is 2. The molecule has 0 aromatic heterocycles. The monoisotopic (exact) mass is 225 g/mol. The molecule has 2 unspecified atom stereocenters. The van der Waals surface area contributed by atoms with Gasteiger partial charge in [0.2, 0.25) is 0 Å². The van der Waals surface area contributed by atoms with Crippen LogP contribution in [-0.4, -0.2) is 62.2 Å². The fourth-order valence-corrected chi connectivity index (χ4v) is 2.93. The molecule has 0 aliphatic carbocycles.